The zero-order valence-electron chi connectivity index (χ0n) is 24.1. The van der Waals surface area contributed by atoms with Gasteiger partial charge in [0.25, 0.3) is 0 Å². The third-order valence-corrected chi connectivity index (χ3v) is 8.10. The molecule has 1 fully saturated rings. The first-order chi connectivity index (χ1) is 21.2. The molecule has 1 aliphatic heterocycles. The summed E-state index contributed by atoms with van der Waals surface area (Å²) in [7, 11) is -3.72. The van der Waals surface area contributed by atoms with Crippen molar-refractivity contribution < 1.29 is 22.7 Å². The number of nitrogens with two attached hydrogens (primary N) is 1. The maximum absolute atomic E-state index is 12.8. The molecular weight excluding hydrogens is 584 g/mol. The molecule has 4 heterocycles. The molecule has 2 aromatic carbocycles. The molecule has 226 valence electrons. The number of sulfone groups is 1. The fourth-order valence-electron chi connectivity index (χ4n) is 5.23. The van der Waals surface area contributed by atoms with E-state index in [0.29, 0.717) is 47.8 Å². The molecule has 44 heavy (non-hydrogen) atoms. The second-order valence-electron chi connectivity index (χ2n) is 10.3. The summed E-state index contributed by atoms with van der Waals surface area (Å²) in [5.74, 6) is 1.27. The van der Waals surface area contributed by atoms with E-state index in [2.05, 4.69) is 19.9 Å². The van der Waals surface area contributed by atoms with Crippen molar-refractivity contribution in [3.05, 3.63) is 72.7 Å². The normalized spacial score (nSPS) is 15.3. The highest BCUT2D eigenvalue weighted by Crippen LogP contribution is 2.36. The monoisotopic (exact) mass is 614 g/mol. The Kier molecular flexibility index (Phi) is 7.82. The van der Waals surface area contributed by atoms with Crippen molar-refractivity contribution in [2.24, 2.45) is 0 Å². The van der Waals surface area contributed by atoms with Crippen LogP contribution in [0.15, 0.2) is 72.3 Å². The first-order valence-corrected chi connectivity index (χ1v) is 15.9. The van der Waals surface area contributed by atoms with Crippen LogP contribution in [0.3, 0.4) is 0 Å². The zero-order valence-corrected chi connectivity index (χ0v) is 24.9. The van der Waals surface area contributed by atoms with Gasteiger partial charge >= 0.3 is 5.97 Å². The van der Waals surface area contributed by atoms with Crippen LogP contribution in [0.2, 0.25) is 0 Å². The number of benzene rings is 2. The first kappa shape index (κ1) is 29.0. The molecule has 0 unspecified atom stereocenters. The lowest BCUT2D eigenvalue weighted by Gasteiger charge is -2.34. The van der Waals surface area contributed by atoms with E-state index in [-0.39, 0.29) is 29.2 Å². The van der Waals surface area contributed by atoms with Crippen LogP contribution in [0.1, 0.15) is 36.2 Å². The summed E-state index contributed by atoms with van der Waals surface area (Å²) in [5.41, 5.74) is 8.45. The quantitative estimate of drug-likeness (QED) is 0.197. The van der Waals surface area contributed by atoms with E-state index in [1.54, 1.807) is 6.92 Å². The fourth-order valence-corrected chi connectivity index (χ4v) is 5.73. The number of nitrogens with zero attached hydrogens (tertiary/aromatic N) is 7. The lowest BCUT2D eigenvalue weighted by atomic mass is 10.1. The second-order valence-corrected chi connectivity index (χ2v) is 12.2. The summed E-state index contributed by atoms with van der Waals surface area (Å²) in [6, 6.07) is 16.8. The molecule has 14 heteroatoms. The Morgan fingerprint density at radius 1 is 1.05 bits per heavy atom. The maximum Gasteiger partial charge on any atom is 0.343 e. The van der Waals surface area contributed by atoms with E-state index in [1.165, 1.54) is 12.5 Å². The number of hydrogen-bond acceptors (Lipinski definition) is 12. The second kappa shape index (κ2) is 11.9. The predicted molar refractivity (Wildman–Crippen MR) is 163 cm³/mol. The van der Waals surface area contributed by atoms with Gasteiger partial charge in [0.2, 0.25) is 15.0 Å². The van der Waals surface area contributed by atoms with Crippen LogP contribution >= 0.6 is 0 Å². The van der Waals surface area contributed by atoms with Crippen molar-refractivity contribution in [3.63, 3.8) is 0 Å². The summed E-state index contributed by atoms with van der Waals surface area (Å²) in [6.45, 7) is 2.75. The number of carbonyl (C=O) groups excluding carboxylic acids is 1. The number of para-hydroxylation sites is 1. The maximum atomic E-state index is 12.8. The molecule has 1 atom stereocenters. The lowest BCUT2D eigenvalue weighted by molar-refractivity contribution is 0.0525. The smallest absolute Gasteiger partial charge is 0.343 e. The van der Waals surface area contributed by atoms with Crippen LogP contribution in [0, 0.1) is 0 Å². The molecule has 1 saturated heterocycles. The fraction of sp³-hybridized carbons (Fsp3) is 0.267. The standard InChI is InChI=1S/C30H30N8O5S/c1-3-42-29(39)23-16-32-30(44(2,40)41)35-27(23)37-15-7-8-20(17-37)38-28-24(26(31)33-18-34-28)25(36-38)19-11-13-22(14-12-19)43-21-9-5-4-6-10-21/h4-6,9-14,16,18,20H,3,7-8,15,17H2,1-2H3,(H2,31,33,34)/t20-/m0/s1. The zero-order chi connectivity index (χ0) is 30.8. The molecule has 6 rings (SSSR count). The van der Waals surface area contributed by atoms with Crippen LogP contribution in [0.25, 0.3) is 22.3 Å². The van der Waals surface area contributed by atoms with E-state index in [9.17, 15) is 13.2 Å². The van der Waals surface area contributed by atoms with Gasteiger partial charge in [0.1, 0.15) is 40.7 Å². The third-order valence-electron chi connectivity index (χ3n) is 7.24. The molecule has 13 nitrogen and oxygen atoms in total. The highest BCUT2D eigenvalue weighted by atomic mass is 32.2. The molecule has 2 N–H and O–H groups in total. The van der Waals surface area contributed by atoms with Crippen LogP contribution < -0.4 is 15.4 Å². The Bertz CT molecular complexity index is 1930. The van der Waals surface area contributed by atoms with Gasteiger partial charge in [0.05, 0.1) is 18.0 Å². The molecule has 0 spiro atoms. The molecule has 5 aromatic rings. The van der Waals surface area contributed by atoms with Crippen molar-refractivity contribution in [3.8, 4) is 22.8 Å². The van der Waals surface area contributed by atoms with Crippen molar-refractivity contribution >= 4 is 38.5 Å². The number of fused-ring (bicyclic) bond motifs is 1. The lowest BCUT2D eigenvalue weighted by Crippen LogP contribution is -2.38. The van der Waals surface area contributed by atoms with E-state index in [1.807, 2.05) is 64.2 Å². The summed E-state index contributed by atoms with van der Waals surface area (Å²) < 4.78 is 37.5. The van der Waals surface area contributed by atoms with Crippen LogP contribution in [0.5, 0.6) is 11.5 Å². The van der Waals surface area contributed by atoms with Crippen LogP contribution in [0.4, 0.5) is 11.6 Å². The van der Waals surface area contributed by atoms with Gasteiger partial charge in [-0.05, 0) is 56.2 Å². The van der Waals surface area contributed by atoms with Crippen LogP contribution in [-0.2, 0) is 14.6 Å². The van der Waals surface area contributed by atoms with Gasteiger partial charge in [0.15, 0.2) is 5.65 Å². The number of carbonyl (C=O) groups is 1. The third kappa shape index (κ3) is 5.75. The Hall–Kier alpha value is -5.11. The first-order valence-electron chi connectivity index (χ1n) is 14.0. The van der Waals surface area contributed by atoms with Gasteiger partial charge in [-0.1, -0.05) is 18.2 Å². The highest BCUT2D eigenvalue weighted by Gasteiger charge is 2.31. The summed E-state index contributed by atoms with van der Waals surface area (Å²) in [4.78, 5) is 31.6. The highest BCUT2D eigenvalue weighted by molar-refractivity contribution is 7.90. The Morgan fingerprint density at radius 2 is 1.80 bits per heavy atom. The van der Waals surface area contributed by atoms with Crippen molar-refractivity contribution in [1.29, 1.82) is 0 Å². The minimum Gasteiger partial charge on any atom is -0.462 e. The van der Waals surface area contributed by atoms with Crippen molar-refractivity contribution in [2.45, 2.75) is 31.0 Å². The molecule has 0 aliphatic carbocycles. The van der Waals surface area contributed by atoms with Gasteiger partial charge in [-0.3, -0.25) is 0 Å². The van der Waals surface area contributed by atoms with Gasteiger partial charge in [-0.2, -0.15) is 5.10 Å². The van der Waals surface area contributed by atoms with E-state index in [0.717, 1.165) is 24.0 Å². The van der Waals surface area contributed by atoms with Crippen molar-refractivity contribution in [1.82, 2.24) is 29.7 Å². The molecule has 1 aliphatic rings. The average Bonchev–Trinajstić information content (AvgIpc) is 3.42. The summed E-state index contributed by atoms with van der Waals surface area (Å²) in [5, 5.41) is 5.23. The molecule has 3 aromatic heterocycles. The van der Waals surface area contributed by atoms with Gasteiger partial charge in [-0.15, -0.1) is 0 Å². The molecule has 0 bridgehead atoms. The minimum absolute atomic E-state index is 0.0929. The van der Waals surface area contributed by atoms with Gasteiger partial charge < -0.3 is 20.1 Å². The Labute approximate surface area is 253 Å². The number of rotatable bonds is 8. The molecule has 0 saturated carbocycles. The molecule has 0 radical (unpaired) electrons. The topological polar surface area (TPSA) is 168 Å². The van der Waals surface area contributed by atoms with Crippen LogP contribution in [-0.4, -0.2) is 70.1 Å². The molecular formula is C30H30N8O5S. The van der Waals surface area contributed by atoms with E-state index in [4.69, 9.17) is 20.3 Å². The van der Waals surface area contributed by atoms with Crippen molar-refractivity contribution in [2.75, 3.05) is 36.6 Å². The number of aromatic nitrogens is 6. The minimum atomic E-state index is -3.72. The summed E-state index contributed by atoms with van der Waals surface area (Å²) >= 11 is 0. The number of esters is 1. The summed E-state index contributed by atoms with van der Waals surface area (Å²) in [6.07, 6.45) is 5.10. The average molecular weight is 615 g/mol. The number of ether oxygens (including phenoxy) is 2. The number of anilines is 2. The number of hydrogen-bond donors (Lipinski definition) is 1. The number of piperidine rings is 1. The largest absolute Gasteiger partial charge is 0.462 e. The SMILES string of the molecule is CCOC(=O)c1cnc(S(C)(=O)=O)nc1N1CCC[C@H](n2nc(-c3ccc(Oc4ccccc4)cc3)c3c(N)ncnc32)C1. The Balaban J connectivity index is 1.36. The van der Waals surface area contributed by atoms with E-state index < -0.39 is 15.8 Å². The van der Waals surface area contributed by atoms with E-state index >= 15 is 0 Å². The number of nitrogen functional groups attached to an aromatic ring is 1. The van der Waals surface area contributed by atoms with Gasteiger partial charge in [-0.25, -0.2) is 37.8 Å². The molecule has 0 amide bonds. The van der Waals surface area contributed by atoms with Gasteiger partial charge in [0, 0.05) is 31.1 Å². The predicted octanol–water partition coefficient (Wildman–Crippen LogP) is 4.08. The Morgan fingerprint density at radius 3 is 2.52 bits per heavy atom.